The van der Waals surface area contributed by atoms with Gasteiger partial charge in [0.2, 0.25) is 0 Å². The molecule has 1 heterocycles. The van der Waals surface area contributed by atoms with Crippen LogP contribution in [0.1, 0.15) is 49.8 Å². The van der Waals surface area contributed by atoms with E-state index in [-0.39, 0.29) is 11.8 Å². The van der Waals surface area contributed by atoms with Gasteiger partial charge in [0, 0.05) is 12.2 Å². The Balaban J connectivity index is 2.09. The lowest BCUT2D eigenvalue weighted by atomic mass is 9.71. The number of aryl methyl sites for hydroxylation is 1. The van der Waals surface area contributed by atoms with E-state index in [4.69, 9.17) is 10.4 Å². The summed E-state index contributed by atoms with van der Waals surface area (Å²) in [6.45, 7) is 2.44. The van der Waals surface area contributed by atoms with Gasteiger partial charge in [0.1, 0.15) is 5.82 Å². The molecule has 0 aromatic carbocycles. The SMILES string of the molecule is Cc1cc(C#N)cc(NCC2(CC(=O)O)CCCCC2)n1. The third kappa shape index (κ3) is 4.19. The molecule has 2 N–H and O–H groups in total. The van der Waals surface area contributed by atoms with E-state index in [1.54, 1.807) is 12.1 Å². The molecule has 5 heteroatoms. The van der Waals surface area contributed by atoms with Gasteiger partial charge in [-0.2, -0.15) is 5.26 Å². The van der Waals surface area contributed by atoms with E-state index >= 15 is 0 Å². The zero-order chi connectivity index (χ0) is 15.3. The minimum absolute atomic E-state index is 0.191. The highest BCUT2D eigenvalue weighted by Gasteiger charge is 2.34. The van der Waals surface area contributed by atoms with Crippen molar-refractivity contribution in [3.63, 3.8) is 0 Å². The Labute approximate surface area is 125 Å². The molecule has 0 unspecified atom stereocenters. The number of nitrogens with one attached hydrogen (secondary N) is 1. The molecular formula is C16H21N3O2. The Morgan fingerprint density at radius 3 is 2.76 bits per heavy atom. The molecule has 0 radical (unpaired) electrons. The number of nitrogens with zero attached hydrogens (tertiary/aromatic N) is 2. The highest BCUT2D eigenvalue weighted by molar-refractivity contribution is 5.68. The first-order chi connectivity index (χ1) is 10.0. The smallest absolute Gasteiger partial charge is 0.303 e. The Hall–Kier alpha value is -2.09. The number of aromatic nitrogens is 1. The van der Waals surface area contributed by atoms with Crippen molar-refractivity contribution in [3.05, 3.63) is 23.4 Å². The Kier molecular flexibility index (Phi) is 4.79. The first-order valence-electron chi connectivity index (χ1n) is 7.37. The fourth-order valence-corrected chi connectivity index (χ4v) is 3.14. The van der Waals surface area contributed by atoms with Gasteiger partial charge in [-0.15, -0.1) is 0 Å². The van der Waals surface area contributed by atoms with Gasteiger partial charge in [0.05, 0.1) is 18.1 Å². The van der Waals surface area contributed by atoms with Crippen LogP contribution in [0.25, 0.3) is 0 Å². The standard InChI is InChI=1S/C16H21N3O2/c1-12-7-13(10-17)8-14(19-12)18-11-16(9-15(20)21)5-3-2-4-6-16/h7-8H,2-6,9,11H2,1H3,(H,18,19)(H,20,21). The first-order valence-corrected chi connectivity index (χ1v) is 7.37. The normalized spacial score (nSPS) is 17.0. The molecule has 112 valence electrons. The summed E-state index contributed by atoms with van der Waals surface area (Å²) in [5, 5.41) is 21.4. The third-order valence-electron chi connectivity index (χ3n) is 4.17. The number of pyridine rings is 1. The van der Waals surface area contributed by atoms with Crippen molar-refractivity contribution in [2.75, 3.05) is 11.9 Å². The second-order valence-corrected chi connectivity index (χ2v) is 5.98. The largest absolute Gasteiger partial charge is 0.481 e. The van der Waals surface area contributed by atoms with Crippen LogP contribution in [0.5, 0.6) is 0 Å². The molecule has 1 aromatic rings. The quantitative estimate of drug-likeness (QED) is 0.869. The summed E-state index contributed by atoms with van der Waals surface area (Å²) in [5.41, 5.74) is 1.16. The van der Waals surface area contributed by atoms with Crippen LogP contribution in [0.15, 0.2) is 12.1 Å². The molecule has 1 aliphatic rings. The van der Waals surface area contributed by atoms with Crippen molar-refractivity contribution < 1.29 is 9.90 Å². The van der Waals surface area contributed by atoms with E-state index in [0.29, 0.717) is 17.9 Å². The first kappa shape index (κ1) is 15.3. The van der Waals surface area contributed by atoms with Crippen molar-refractivity contribution >= 4 is 11.8 Å². The Bertz CT molecular complexity index is 557. The van der Waals surface area contributed by atoms with Gasteiger partial charge >= 0.3 is 5.97 Å². The van der Waals surface area contributed by atoms with Crippen molar-refractivity contribution in [2.45, 2.75) is 45.4 Å². The van der Waals surface area contributed by atoms with Gasteiger partial charge in [-0.05, 0) is 37.3 Å². The van der Waals surface area contributed by atoms with Crippen LogP contribution in [-0.4, -0.2) is 22.6 Å². The van der Waals surface area contributed by atoms with Crippen LogP contribution in [0.2, 0.25) is 0 Å². The van der Waals surface area contributed by atoms with Gasteiger partial charge in [-0.25, -0.2) is 4.98 Å². The van der Waals surface area contributed by atoms with E-state index < -0.39 is 5.97 Å². The predicted octanol–water partition coefficient (Wildman–Crippen LogP) is 3.10. The van der Waals surface area contributed by atoms with Crippen molar-refractivity contribution in [3.8, 4) is 6.07 Å². The van der Waals surface area contributed by atoms with Crippen LogP contribution >= 0.6 is 0 Å². The van der Waals surface area contributed by atoms with Crippen molar-refractivity contribution in [1.82, 2.24) is 4.98 Å². The molecule has 5 nitrogen and oxygen atoms in total. The van der Waals surface area contributed by atoms with Crippen LogP contribution in [0.3, 0.4) is 0 Å². The molecule has 1 aromatic heterocycles. The van der Waals surface area contributed by atoms with Crippen LogP contribution in [0, 0.1) is 23.7 Å². The van der Waals surface area contributed by atoms with E-state index in [9.17, 15) is 4.79 Å². The molecule has 0 bridgehead atoms. The predicted molar refractivity (Wildman–Crippen MR) is 79.9 cm³/mol. The Morgan fingerprint density at radius 1 is 1.43 bits per heavy atom. The second-order valence-electron chi connectivity index (χ2n) is 5.98. The van der Waals surface area contributed by atoms with Crippen LogP contribution < -0.4 is 5.32 Å². The molecule has 1 saturated carbocycles. The number of carboxylic acids is 1. The number of anilines is 1. The van der Waals surface area contributed by atoms with Gasteiger partial charge in [-0.1, -0.05) is 19.3 Å². The number of carbonyl (C=O) groups is 1. The molecule has 2 rings (SSSR count). The molecule has 0 aliphatic heterocycles. The molecule has 0 amide bonds. The maximum Gasteiger partial charge on any atom is 0.303 e. The summed E-state index contributed by atoms with van der Waals surface area (Å²) in [4.78, 5) is 15.5. The lowest BCUT2D eigenvalue weighted by molar-refractivity contribution is -0.140. The van der Waals surface area contributed by atoms with E-state index in [2.05, 4.69) is 16.4 Å². The molecular weight excluding hydrogens is 266 g/mol. The zero-order valence-electron chi connectivity index (χ0n) is 12.4. The summed E-state index contributed by atoms with van der Waals surface area (Å²) in [7, 11) is 0. The molecule has 0 spiro atoms. The number of nitriles is 1. The summed E-state index contributed by atoms with van der Waals surface area (Å²) in [6.07, 6.45) is 5.41. The summed E-state index contributed by atoms with van der Waals surface area (Å²) >= 11 is 0. The lowest BCUT2D eigenvalue weighted by Gasteiger charge is -2.36. The minimum Gasteiger partial charge on any atom is -0.481 e. The maximum atomic E-state index is 11.2. The monoisotopic (exact) mass is 287 g/mol. The highest BCUT2D eigenvalue weighted by Crippen LogP contribution is 2.39. The third-order valence-corrected chi connectivity index (χ3v) is 4.17. The highest BCUT2D eigenvalue weighted by atomic mass is 16.4. The molecule has 0 atom stereocenters. The molecule has 0 saturated heterocycles. The number of carboxylic acid groups (broad SMARTS) is 1. The fourth-order valence-electron chi connectivity index (χ4n) is 3.14. The average Bonchev–Trinajstić information content (AvgIpc) is 2.45. The second kappa shape index (κ2) is 6.57. The van der Waals surface area contributed by atoms with Gasteiger partial charge in [0.15, 0.2) is 0 Å². The van der Waals surface area contributed by atoms with Crippen molar-refractivity contribution in [2.24, 2.45) is 5.41 Å². The molecule has 1 fully saturated rings. The number of rotatable bonds is 5. The van der Waals surface area contributed by atoms with E-state index in [1.807, 2.05) is 6.92 Å². The topological polar surface area (TPSA) is 86.0 Å². The van der Waals surface area contributed by atoms with Gasteiger partial charge in [-0.3, -0.25) is 4.79 Å². The summed E-state index contributed by atoms with van der Waals surface area (Å²) in [6, 6.07) is 5.56. The van der Waals surface area contributed by atoms with Gasteiger partial charge < -0.3 is 10.4 Å². The average molecular weight is 287 g/mol. The zero-order valence-corrected chi connectivity index (χ0v) is 12.4. The van der Waals surface area contributed by atoms with E-state index in [1.165, 1.54) is 6.42 Å². The fraction of sp³-hybridized carbons (Fsp3) is 0.562. The number of hydrogen-bond donors (Lipinski definition) is 2. The van der Waals surface area contributed by atoms with Crippen molar-refractivity contribution in [1.29, 1.82) is 5.26 Å². The summed E-state index contributed by atoms with van der Waals surface area (Å²) in [5.74, 6) is -0.0875. The number of hydrogen-bond acceptors (Lipinski definition) is 4. The van der Waals surface area contributed by atoms with Gasteiger partial charge in [0.25, 0.3) is 0 Å². The minimum atomic E-state index is -0.742. The maximum absolute atomic E-state index is 11.2. The molecule has 1 aliphatic carbocycles. The molecule has 21 heavy (non-hydrogen) atoms. The van der Waals surface area contributed by atoms with Crippen LogP contribution in [-0.2, 0) is 4.79 Å². The number of aliphatic carboxylic acids is 1. The van der Waals surface area contributed by atoms with E-state index in [0.717, 1.165) is 31.4 Å². The van der Waals surface area contributed by atoms with Crippen LogP contribution in [0.4, 0.5) is 5.82 Å². The summed E-state index contributed by atoms with van der Waals surface area (Å²) < 4.78 is 0. The lowest BCUT2D eigenvalue weighted by Crippen LogP contribution is -2.34. The Morgan fingerprint density at radius 2 is 2.14 bits per heavy atom.